The van der Waals surface area contributed by atoms with E-state index in [2.05, 4.69) is 25.3 Å². The van der Waals surface area contributed by atoms with Gasteiger partial charge in [-0.25, -0.2) is 4.39 Å². The van der Waals surface area contributed by atoms with E-state index in [-0.39, 0.29) is 5.82 Å². The van der Waals surface area contributed by atoms with E-state index in [1.54, 1.807) is 6.07 Å². The Morgan fingerprint density at radius 2 is 1.77 bits per heavy atom. The smallest absolute Gasteiger partial charge is 0.128 e. The van der Waals surface area contributed by atoms with E-state index >= 15 is 0 Å². The number of hydrogen-bond acceptors (Lipinski definition) is 1. The molecule has 3 rings (SSSR count). The van der Waals surface area contributed by atoms with Crippen LogP contribution in [0, 0.1) is 12.7 Å². The molecule has 0 saturated heterocycles. The van der Waals surface area contributed by atoms with Crippen molar-refractivity contribution in [2.24, 2.45) is 0 Å². The van der Waals surface area contributed by atoms with Gasteiger partial charge in [-0.2, -0.15) is 0 Å². The zero-order chi connectivity index (χ0) is 15.7. The zero-order valence-corrected chi connectivity index (χ0v) is 13.1. The lowest BCUT2D eigenvalue weighted by atomic mass is 10.2. The number of halogens is 1. The molecule has 3 heteroatoms. The fraction of sp³-hybridized carbons (Fsp3) is 0.263. The number of ether oxygens (including phenoxy) is 1. The largest absolute Gasteiger partial charge is 0.487 e. The highest BCUT2D eigenvalue weighted by molar-refractivity contribution is 5.81. The summed E-state index contributed by atoms with van der Waals surface area (Å²) in [5.41, 5.74) is 3.30. The van der Waals surface area contributed by atoms with Gasteiger partial charge in [-0.15, -0.1) is 0 Å². The highest BCUT2D eigenvalue weighted by atomic mass is 19.1. The molecule has 0 fully saturated rings. The second-order valence-electron chi connectivity index (χ2n) is 5.90. The van der Waals surface area contributed by atoms with Crippen LogP contribution in [0.2, 0.25) is 0 Å². The van der Waals surface area contributed by atoms with Gasteiger partial charge >= 0.3 is 0 Å². The van der Waals surface area contributed by atoms with Crippen molar-refractivity contribution in [2.75, 3.05) is 0 Å². The summed E-state index contributed by atoms with van der Waals surface area (Å²) in [4.78, 5) is 0. The molecule has 22 heavy (non-hydrogen) atoms. The highest BCUT2D eigenvalue weighted by Gasteiger charge is 2.12. The third kappa shape index (κ3) is 2.84. The maximum atomic E-state index is 13.4. The highest BCUT2D eigenvalue weighted by Crippen LogP contribution is 2.26. The standard InChI is InChI=1S/C19H20FNO/c1-13(2)21-17(11-15-10-16(20)6-9-19(15)21)12-22-18-7-4-14(3)5-8-18/h4-11,13H,12H2,1-3H3. The first-order valence-electron chi connectivity index (χ1n) is 7.53. The van der Waals surface area contributed by atoms with Gasteiger partial charge in [0.05, 0.1) is 5.69 Å². The average molecular weight is 297 g/mol. The van der Waals surface area contributed by atoms with Crippen molar-refractivity contribution in [3.8, 4) is 5.75 Å². The summed E-state index contributed by atoms with van der Waals surface area (Å²) in [6.45, 7) is 6.77. The normalized spacial score (nSPS) is 11.3. The average Bonchev–Trinajstić information content (AvgIpc) is 2.84. The van der Waals surface area contributed by atoms with Crippen LogP contribution in [0.15, 0.2) is 48.5 Å². The molecule has 0 unspecified atom stereocenters. The van der Waals surface area contributed by atoms with Crippen molar-refractivity contribution in [2.45, 2.75) is 33.4 Å². The summed E-state index contributed by atoms with van der Waals surface area (Å²) in [5.74, 6) is 0.636. The number of hydrogen-bond donors (Lipinski definition) is 0. The lowest BCUT2D eigenvalue weighted by Crippen LogP contribution is -2.08. The minimum atomic E-state index is -0.209. The van der Waals surface area contributed by atoms with Gasteiger partial charge in [0.25, 0.3) is 0 Å². The fourth-order valence-electron chi connectivity index (χ4n) is 2.78. The van der Waals surface area contributed by atoms with Gasteiger partial charge < -0.3 is 9.30 Å². The summed E-state index contributed by atoms with van der Waals surface area (Å²) >= 11 is 0. The molecule has 0 amide bonds. The number of fused-ring (bicyclic) bond motifs is 1. The van der Waals surface area contributed by atoms with Gasteiger partial charge in [-0.1, -0.05) is 17.7 Å². The third-order valence-corrected chi connectivity index (χ3v) is 3.80. The van der Waals surface area contributed by atoms with Crippen LogP contribution in [0.4, 0.5) is 4.39 Å². The minimum Gasteiger partial charge on any atom is -0.487 e. The number of aromatic nitrogens is 1. The van der Waals surface area contributed by atoms with E-state index in [4.69, 9.17) is 4.74 Å². The molecule has 1 heterocycles. The predicted molar refractivity (Wildman–Crippen MR) is 87.8 cm³/mol. The van der Waals surface area contributed by atoms with Gasteiger partial charge in [0.1, 0.15) is 18.2 Å². The Hall–Kier alpha value is -2.29. The Balaban J connectivity index is 1.92. The Morgan fingerprint density at radius 1 is 1.05 bits per heavy atom. The minimum absolute atomic E-state index is 0.209. The van der Waals surface area contributed by atoms with E-state index in [9.17, 15) is 4.39 Å². The summed E-state index contributed by atoms with van der Waals surface area (Å²) < 4.78 is 21.5. The van der Waals surface area contributed by atoms with E-state index in [1.807, 2.05) is 36.4 Å². The van der Waals surface area contributed by atoms with Crippen molar-refractivity contribution in [3.05, 3.63) is 65.6 Å². The van der Waals surface area contributed by atoms with Crippen LogP contribution < -0.4 is 4.74 Å². The molecule has 0 radical (unpaired) electrons. The topological polar surface area (TPSA) is 14.2 Å². The molecule has 0 spiro atoms. The van der Waals surface area contributed by atoms with Crippen molar-refractivity contribution >= 4 is 10.9 Å². The molecule has 0 atom stereocenters. The van der Waals surface area contributed by atoms with Crippen molar-refractivity contribution < 1.29 is 9.13 Å². The molecule has 114 valence electrons. The Labute approximate surface area is 130 Å². The monoisotopic (exact) mass is 297 g/mol. The van der Waals surface area contributed by atoms with E-state index in [0.717, 1.165) is 22.3 Å². The molecule has 0 aliphatic heterocycles. The molecule has 0 N–H and O–H groups in total. The lowest BCUT2D eigenvalue weighted by molar-refractivity contribution is 0.293. The summed E-state index contributed by atoms with van der Waals surface area (Å²) in [7, 11) is 0. The molecule has 0 bridgehead atoms. The number of aryl methyl sites for hydroxylation is 1. The first-order chi connectivity index (χ1) is 10.5. The molecule has 2 nitrogen and oxygen atoms in total. The lowest BCUT2D eigenvalue weighted by Gasteiger charge is -2.15. The van der Waals surface area contributed by atoms with Crippen LogP contribution in [-0.4, -0.2) is 4.57 Å². The predicted octanol–water partition coefficient (Wildman–Crippen LogP) is 5.25. The maximum Gasteiger partial charge on any atom is 0.128 e. The third-order valence-electron chi connectivity index (χ3n) is 3.80. The first-order valence-corrected chi connectivity index (χ1v) is 7.53. The van der Waals surface area contributed by atoms with Crippen LogP contribution in [0.3, 0.4) is 0 Å². The van der Waals surface area contributed by atoms with Crippen molar-refractivity contribution in [3.63, 3.8) is 0 Å². The molecule has 0 aliphatic carbocycles. The second-order valence-corrected chi connectivity index (χ2v) is 5.90. The molecular weight excluding hydrogens is 277 g/mol. The van der Waals surface area contributed by atoms with Crippen molar-refractivity contribution in [1.29, 1.82) is 0 Å². The molecule has 2 aromatic carbocycles. The first kappa shape index (κ1) is 14.6. The van der Waals surface area contributed by atoms with Gasteiger partial charge in [-0.05, 0) is 57.2 Å². The quantitative estimate of drug-likeness (QED) is 0.641. The second kappa shape index (κ2) is 5.84. The van der Waals surface area contributed by atoms with Gasteiger partial charge in [0.15, 0.2) is 0 Å². The fourth-order valence-corrected chi connectivity index (χ4v) is 2.78. The number of benzene rings is 2. The Morgan fingerprint density at radius 3 is 2.45 bits per heavy atom. The SMILES string of the molecule is Cc1ccc(OCc2cc3cc(F)ccc3n2C(C)C)cc1. The molecule has 0 aliphatic rings. The van der Waals surface area contributed by atoms with Crippen LogP contribution in [0.5, 0.6) is 5.75 Å². The maximum absolute atomic E-state index is 13.4. The van der Waals surface area contributed by atoms with Gasteiger partial charge in [-0.3, -0.25) is 0 Å². The molecule has 0 saturated carbocycles. The molecular formula is C19H20FNO. The van der Waals surface area contributed by atoms with Gasteiger partial charge in [0.2, 0.25) is 0 Å². The number of rotatable bonds is 4. The Kier molecular flexibility index (Phi) is 3.88. The van der Waals surface area contributed by atoms with E-state index in [1.165, 1.54) is 11.6 Å². The van der Waals surface area contributed by atoms with Crippen molar-refractivity contribution in [1.82, 2.24) is 4.57 Å². The van der Waals surface area contributed by atoms with Crippen LogP contribution in [-0.2, 0) is 6.61 Å². The van der Waals surface area contributed by atoms with E-state index < -0.39 is 0 Å². The Bertz CT molecular complexity index is 787. The molecule has 1 aromatic heterocycles. The van der Waals surface area contributed by atoms with Crippen LogP contribution in [0.1, 0.15) is 31.1 Å². The van der Waals surface area contributed by atoms with Gasteiger partial charge in [0, 0.05) is 16.9 Å². The van der Waals surface area contributed by atoms with Crippen LogP contribution >= 0.6 is 0 Å². The van der Waals surface area contributed by atoms with Crippen LogP contribution in [0.25, 0.3) is 10.9 Å². The zero-order valence-electron chi connectivity index (χ0n) is 13.1. The van der Waals surface area contributed by atoms with E-state index in [0.29, 0.717) is 12.6 Å². The summed E-state index contributed by atoms with van der Waals surface area (Å²) in [6.07, 6.45) is 0. The molecule has 3 aromatic rings. The summed E-state index contributed by atoms with van der Waals surface area (Å²) in [5, 5.41) is 0.913. The number of nitrogens with zero attached hydrogens (tertiary/aromatic N) is 1. The summed E-state index contributed by atoms with van der Waals surface area (Å²) in [6, 6.07) is 15.2.